The molecule has 1 aliphatic rings. The second kappa shape index (κ2) is 9.29. The van der Waals surface area contributed by atoms with Crippen LogP contribution in [0.25, 0.3) is 16.9 Å². The van der Waals surface area contributed by atoms with E-state index in [1.807, 2.05) is 66.1 Å². The van der Waals surface area contributed by atoms with Crippen LogP contribution in [0.1, 0.15) is 13.3 Å². The highest BCUT2D eigenvalue weighted by molar-refractivity contribution is 8.00. The van der Waals surface area contributed by atoms with Crippen molar-refractivity contribution in [3.05, 3.63) is 65.8 Å². The summed E-state index contributed by atoms with van der Waals surface area (Å²) in [7, 11) is -1.38. The summed E-state index contributed by atoms with van der Waals surface area (Å²) in [4.78, 5) is 19.3. The van der Waals surface area contributed by atoms with E-state index in [9.17, 15) is 13.2 Å². The Bertz CT molecular complexity index is 1230. The molecule has 6 nitrogen and oxygen atoms in total. The van der Waals surface area contributed by atoms with E-state index in [1.165, 1.54) is 11.8 Å². The molecule has 168 valence electrons. The molecular formula is C23H24ClN3O3S2. The van der Waals surface area contributed by atoms with Crippen molar-refractivity contribution in [1.82, 2.24) is 14.5 Å². The van der Waals surface area contributed by atoms with Crippen molar-refractivity contribution >= 4 is 39.1 Å². The largest absolute Gasteiger partial charge is 0.341 e. The average Bonchev–Trinajstić information content (AvgIpc) is 3.36. The van der Waals surface area contributed by atoms with Crippen molar-refractivity contribution in [1.29, 1.82) is 0 Å². The Labute approximate surface area is 197 Å². The van der Waals surface area contributed by atoms with E-state index in [0.29, 0.717) is 16.6 Å². The van der Waals surface area contributed by atoms with Gasteiger partial charge in [-0.15, -0.1) is 0 Å². The maximum Gasteiger partial charge on any atom is 0.235 e. The van der Waals surface area contributed by atoms with Crippen LogP contribution in [0.5, 0.6) is 0 Å². The lowest BCUT2D eigenvalue weighted by atomic mass is 10.1. The smallest absolute Gasteiger partial charge is 0.235 e. The van der Waals surface area contributed by atoms with Crippen LogP contribution in [0.2, 0.25) is 5.02 Å². The Balaban J connectivity index is 1.63. The summed E-state index contributed by atoms with van der Waals surface area (Å²) in [5.41, 5.74) is 2.75. The molecule has 0 N–H and O–H groups in total. The molecule has 2 heterocycles. The van der Waals surface area contributed by atoms with E-state index in [-0.39, 0.29) is 23.5 Å². The van der Waals surface area contributed by atoms with Gasteiger partial charge in [0.1, 0.15) is 0 Å². The van der Waals surface area contributed by atoms with Crippen molar-refractivity contribution in [3.8, 4) is 16.9 Å². The van der Waals surface area contributed by atoms with Gasteiger partial charge in [0.15, 0.2) is 15.0 Å². The van der Waals surface area contributed by atoms with Crippen LogP contribution in [0.3, 0.4) is 0 Å². The van der Waals surface area contributed by atoms with E-state index < -0.39 is 15.1 Å². The molecule has 32 heavy (non-hydrogen) atoms. The van der Waals surface area contributed by atoms with Crippen LogP contribution in [0, 0.1) is 0 Å². The number of amides is 1. The molecule has 0 unspecified atom stereocenters. The molecule has 1 saturated heterocycles. The first-order chi connectivity index (χ1) is 15.2. The fourth-order valence-corrected chi connectivity index (χ4v) is 6.82. The van der Waals surface area contributed by atoms with Gasteiger partial charge >= 0.3 is 0 Å². The summed E-state index contributed by atoms with van der Waals surface area (Å²) in [5.74, 6) is 0.0530. The zero-order valence-electron chi connectivity index (χ0n) is 17.8. The fourth-order valence-electron chi connectivity index (χ4n) is 3.85. The van der Waals surface area contributed by atoms with Gasteiger partial charge in [0.05, 0.1) is 28.6 Å². The van der Waals surface area contributed by atoms with Crippen LogP contribution in [-0.2, 0) is 14.6 Å². The van der Waals surface area contributed by atoms with Gasteiger partial charge in [0.2, 0.25) is 5.91 Å². The minimum absolute atomic E-state index is 0.0297. The number of imidazole rings is 1. The topological polar surface area (TPSA) is 72.3 Å². The molecule has 0 spiro atoms. The third kappa shape index (κ3) is 4.87. The number of hydrogen-bond acceptors (Lipinski definition) is 5. The van der Waals surface area contributed by atoms with Gasteiger partial charge < -0.3 is 4.90 Å². The highest BCUT2D eigenvalue weighted by atomic mass is 35.5. The first kappa shape index (κ1) is 22.9. The predicted molar refractivity (Wildman–Crippen MR) is 129 cm³/mol. The molecular weight excluding hydrogens is 466 g/mol. The quantitative estimate of drug-likeness (QED) is 0.482. The molecule has 1 amide bonds. The van der Waals surface area contributed by atoms with E-state index in [0.717, 1.165) is 16.9 Å². The number of carbonyl (C=O) groups excluding carboxylic acids is 1. The fraction of sp³-hybridized carbons (Fsp3) is 0.304. The lowest BCUT2D eigenvalue weighted by Gasteiger charge is -2.26. The van der Waals surface area contributed by atoms with Crippen LogP contribution < -0.4 is 0 Å². The lowest BCUT2D eigenvalue weighted by Crippen LogP contribution is -2.41. The standard InChI is InChI=1S/C23H24ClN3O3S2/c1-16(22(28)26(2)20-11-12-32(29,30)15-20)31-23-25-14-21(17-7-4-3-5-8-17)27(23)19-10-6-9-18(24)13-19/h3-10,13-14,16,20H,11-12,15H2,1-2H3/t16-,20+/m1/s1. The number of hydrogen-bond donors (Lipinski definition) is 0. The Morgan fingerprint density at radius 3 is 2.62 bits per heavy atom. The zero-order valence-corrected chi connectivity index (χ0v) is 20.2. The monoisotopic (exact) mass is 489 g/mol. The molecule has 1 fully saturated rings. The van der Waals surface area contributed by atoms with Crippen molar-refractivity contribution < 1.29 is 13.2 Å². The summed E-state index contributed by atoms with van der Waals surface area (Å²) in [6, 6.07) is 17.1. The second-order valence-electron chi connectivity index (χ2n) is 7.87. The third-order valence-corrected chi connectivity index (χ3v) is 8.64. The molecule has 2 atom stereocenters. The van der Waals surface area contributed by atoms with Gasteiger partial charge in [0, 0.05) is 29.4 Å². The molecule has 0 bridgehead atoms. The number of aromatic nitrogens is 2. The number of benzene rings is 2. The number of thioether (sulfide) groups is 1. The van der Waals surface area contributed by atoms with Gasteiger partial charge in [-0.05, 0) is 31.5 Å². The van der Waals surface area contributed by atoms with Crippen molar-refractivity contribution in [2.45, 2.75) is 29.8 Å². The normalized spacial score (nSPS) is 18.4. The maximum absolute atomic E-state index is 13.1. The Hall–Kier alpha value is -2.29. The van der Waals surface area contributed by atoms with Crippen molar-refractivity contribution in [2.24, 2.45) is 0 Å². The summed E-state index contributed by atoms with van der Waals surface area (Å²) < 4.78 is 25.7. The number of nitrogens with zero attached hydrogens (tertiary/aromatic N) is 3. The molecule has 4 rings (SSSR count). The van der Waals surface area contributed by atoms with Gasteiger partial charge in [-0.2, -0.15) is 0 Å². The minimum atomic E-state index is -3.06. The molecule has 1 aliphatic heterocycles. The van der Waals surface area contributed by atoms with E-state index >= 15 is 0 Å². The van der Waals surface area contributed by atoms with Gasteiger partial charge in [-0.3, -0.25) is 9.36 Å². The molecule has 0 saturated carbocycles. The van der Waals surface area contributed by atoms with E-state index in [4.69, 9.17) is 11.6 Å². The van der Waals surface area contributed by atoms with E-state index in [1.54, 1.807) is 18.1 Å². The zero-order chi connectivity index (χ0) is 22.9. The summed E-state index contributed by atoms with van der Waals surface area (Å²) >= 11 is 7.61. The Kier molecular flexibility index (Phi) is 6.65. The summed E-state index contributed by atoms with van der Waals surface area (Å²) in [6.07, 6.45) is 2.28. The molecule has 9 heteroatoms. The van der Waals surface area contributed by atoms with Crippen LogP contribution in [0.15, 0.2) is 66.0 Å². The summed E-state index contributed by atoms with van der Waals surface area (Å²) in [6.45, 7) is 1.83. The summed E-state index contributed by atoms with van der Waals surface area (Å²) in [5, 5.41) is 0.837. The third-order valence-electron chi connectivity index (χ3n) is 5.60. The first-order valence-electron chi connectivity index (χ1n) is 10.3. The lowest BCUT2D eigenvalue weighted by molar-refractivity contribution is -0.130. The highest BCUT2D eigenvalue weighted by Gasteiger charge is 2.34. The first-order valence-corrected chi connectivity index (χ1v) is 13.4. The minimum Gasteiger partial charge on any atom is -0.341 e. The van der Waals surface area contributed by atoms with E-state index in [2.05, 4.69) is 4.98 Å². The number of halogens is 1. The Morgan fingerprint density at radius 2 is 1.97 bits per heavy atom. The van der Waals surface area contributed by atoms with Gasteiger partial charge in [-0.25, -0.2) is 13.4 Å². The molecule has 3 aromatic rings. The molecule has 0 aliphatic carbocycles. The van der Waals surface area contributed by atoms with Gasteiger partial charge in [-0.1, -0.05) is 59.8 Å². The van der Waals surface area contributed by atoms with Crippen LogP contribution >= 0.6 is 23.4 Å². The van der Waals surface area contributed by atoms with Gasteiger partial charge in [0.25, 0.3) is 0 Å². The van der Waals surface area contributed by atoms with Crippen LogP contribution in [0.4, 0.5) is 0 Å². The second-order valence-corrected chi connectivity index (χ2v) is 11.8. The SMILES string of the molecule is C[C@@H](Sc1ncc(-c2ccccc2)n1-c1cccc(Cl)c1)C(=O)N(C)[C@H]1CCS(=O)(=O)C1. The number of sulfone groups is 1. The molecule has 1 aromatic heterocycles. The number of rotatable bonds is 6. The predicted octanol–water partition coefficient (Wildman–Crippen LogP) is 4.32. The molecule has 2 aromatic carbocycles. The Morgan fingerprint density at radius 1 is 1.22 bits per heavy atom. The van der Waals surface area contributed by atoms with Crippen molar-refractivity contribution in [3.63, 3.8) is 0 Å². The number of carbonyl (C=O) groups is 1. The average molecular weight is 490 g/mol. The molecule has 0 radical (unpaired) electrons. The van der Waals surface area contributed by atoms with Crippen LogP contribution in [-0.4, -0.2) is 58.6 Å². The highest BCUT2D eigenvalue weighted by Crippen LogP contribution is 2.33. The maximum atomic E-state index is 13.1. The van der Waals surface area contributed by atoms with Crippen molar-refractivity contribution in [2.75, 3.05) is 18.6 Å².